The summed E-state index contributed by atoms with van der Waals surface area (Å²) >= 11 is 12.7. The van der Waals surface area contributed by atoms with Crippen molar-refractivity contribution in [1.82, 2.24) is 4.98 Å². The van der Waals surface area contributed by atoms with Crippen LogP contribution in [0.3, 0.4) is 0 Å². The van der Waals surface area contributed by atoms with E-state index < -0.39 is 0 Å². The fraction of sp³-hybridized carbons (Fsp3) is 0.303. The smallest absolute Gasteiger partial charge is 0.305 e. The quantitative estimate of drug-likeness (QED) is 0.220. The first kappa shape index (κ1) is 27.7. The van der Waals surface area contributed by atoms with Gasteiger partial charge in [0.25, 0.3) is 0 Å². The number of carbonyl (C=O) groups is 2. The molecule has 1 aromatic heterocycles. The molecule has 218 valence electrons. The zero-order valence-electron chi connectivity index (χ0n) is 23.0. The maximum Gasteiger partial charge on any atom is 0.305 e. The number of nitrogens with zero attached hydrogens (tertiary/aromatic N) is 1. The van der Waals surface area contributed by atoms with Crippen molar-refractivity contribution < 1.29 is 14.3 Å². The van der Waals surface area contributed by atoms with Gasteiger partial charge in [-0.25, -0.2) is 0 Å². The summed E-state index contributed by atoms with van der Waals surface area (Å²) in [6, 6.07) is 21.3. The zero-order valence-corrected chi connectivity index (χ0v) is 26.9. The Morgan fingerprint density at radius 3 is 2.44 bits per heavy atom. The summed E-state index contributed by atoms with van der Waals surface area (Å²) in [6.07, 6.45) is 0.826. The number of hydrogen-bond donors (Lipinski definition) is 1. The highest BCUT2D eigenvalue weighted by atomic mass is 79.9. The Morgan fingerprint density at radius 2 is 1.70 bits per heavy atom. The second kappa shape index (κ2) is 10.4. The van der Waals surface area contributed by atoms with Crippen LogP contribution in [-0.2, 0) is 16.2 Å². The molecule has 4 aliphatic rings. The van der Waals surface area contributed by atoms with E-state index in [-0.39, 0.29) is 57.4 Å². The van der Waals surface area contributed by atoms with E-state index in [1.54, 1.807) is 36.0 Å². The van der Waals surface area contributed by atoms with E-state index in [1.807, 2.05) is 12.1 Å². The van der Waals surface area contributed by atoms with Crippen LogP contribution in [0.25, 0.3) is 0 Å². The van der Waals surface area contributed by atoms with Crippen molar-refractivity contribution >= 4 is 68.1 Å². The average Bonchev–Trinajstić information content (AvgIpc) is 3.73. The number of halogens is 2. The number of aromatic amines is 1. The van der Waals surface area contributed by atoms with Gasteiger partial charge in [0.15, 0.2) is 0 Å². The lowest BCUT2D eigenvalue weighted by Gasteiger charge is -2.43. The molecule has 43 heavy (non-hydrogen) atoms. The maximum atomic E-state index is 14.0. The summed E-state index contributed by atoms with van der Waals surface area (Å²) in [5, 5.41) is 1.53. The number of thioether (sulfide) groups is 1. The van der Waals surface area contributed by atoms with E-state index in [4.69, 9.17) is 16.3 Å². The van der Waals surface area contributed by atoms with Crippen molar-refractivity contribution in [3.8, 4) is 5.75 Å². The molecule has 1 saturated heterocycles. The molecule has 1 N–H and O–H groups in total. The summed E-state index contributed by atoms with van der Waals surface area (Å²) < 4.78 is 7.40. The monoisotopic (exact) mass is 692 g/mol. The van der Waals surface area contributed by atoms with E-state index in [0.717, 1.165) is 37.7 Å². The lowest BCUT2D eigenvalue weighted by Crippen LogP contribution is -2.42. The molecule has 2 saturated carbocycles. The van der Waals surface area contributed by atoms with Gasteiger partial charge in [0.1, 0.15) is 12.4 Å². The van der Waals surface area contributed by atoms with Gasteiger partial charge in [-0.3, -0.25) is 19.3 Å². The lowest BCUT2D eigenvalue weighted by molar-refractivity contribution is -0.123. The van der Waals surface area contributed by atoms with Gasteiger partial charge in [0.2, 0.25) is 11.8 Å². The molecule has 2 amide bonds. The number of rotatable bonds is 5. The molecule has 0 unspecified atom stereocenters. The largest absolute Gasteiger partial charge is 0.489 e. The van der Waals surface area contributed by atoms with E-state index in [2.05, 4.69) is 58.2 Å². The van der Waals surface area contributed by atoms with Gasteiger partial charge >= 0.3 is 4.87 Å². The third-order valence-corrected chi connectivity index (χ3v) is 13.0. The van der Waals surface area contributed by atoms with Crippen LogP contribution in [0.2, 0.25) is 5.02 Å². The Hall–Kier alpha value is -2.85. The number of carbonyl (C=O) groups excluding carboxylic acids is 2. The van der Waals surface area contributed by atoms with Gasteiger partial charge < -0.3 is 9.72 Å². The van der Waals surface area contributed by atoms with Crippen LogP contribution in [0.4, 0.5) is 5.69 Å². The number of ether oxygens (including phenoxy) is 1. The molecule has 3 fully saturated rings. The molecule has 6 nitrogen and oxygen atoms in total. The van der Waals surface area contributed by atoms with Crippen LogP contribution in [0.5, 0.6) is 5.75 Å². The molecule has 0 spiro atoms. The first-order valence-corrected chi connectivity index (χ1v) is 17.2. The minimum Gasteiger partial charge on any atom is -0.489 e. The van der Waals surface area contributed by atoms with Crippen molar-refractivity contribution in [1.29, 1.82) is 0 Å². The summed E-state index contributed by atoms with van der Waals surface area (Å²) in [7, 11) is 0. The summed E-state index contributed by atoms with van der Waals surface area (Å²) in [6.45, 7) is 2.48. The van der Waals surface area contributed by atoms with Gasteiger partial charge in [-0.05, 0) is 79.1 Å². The van der Waals surface area contributed by atoms with Crippen molar-refractivity contribution in [3.63, 3.8) is 0 Å². The number of hydrogen-bond acceptors (Lipinski definition) is 6. The van der Waals surface area contributed by atoms with Crippen molar-refractivity contribution in [3.05, 3.63) is 107 Å². The van der Waals surface area contributed by atoms with Crippen LogP contribution in [-0.4, -0.2) is 22.0 Å². The zero-order chi connectivity index (χ0) is 29.6. The SMILES string of the molecule is Cc1ccc(COc2ccc(Br)cc2[C@@H]2c3sc(=O)[nH]c3S[C@@H]3[C@@H]4C[C@@H]([C@@H]5C(=O)N(c6ccc(Cl)cc6)C(=O)[C@@H]45)[C@@H]23)cc1. The molecule has 4 aromatic rings. The van der Waals surface area contributed by atoms with Gasteiger partial charge in [0.05, 0.1) is 22.5 Å². The number of imide groups is 1. The summed E-state index contributed by atoms with van der Waals surface area (Å²) in [5.41, 5.74) is 3.84. The van der Waals surface area contributed by atoms with E-state index in [0.29, 0.717) is 17.3 Å². The predicted octanol–water partition coefficient (Wildman–Crippen LogP) is 7.42. The number of benzene rings is 3. The highest BCUT2D eigenvalue weighted by Crippen LogP contribution is 2.69. The lowest BCUT2D eigenvalue weighted by atomic mass is 9.68. The van der Waals surface area contributed by atoms with Gasteiger partial charge in [0, 0.05) is 31.1 Å². The molecule has 3 heterocycles. The van der Waals surface area contributed by atoms with Crippen molar-refractivity contribution in [2.75, 3.05) is 4.90 Å². The Bertz CT molecular complexity index is 1840. The Morgan fingerprint density at radius 1 is 0.977 bits per heavy atom. The highest BCUT2D eigenvalue weighted by molar-refractivity contribution is 9.10. The standard InChI is InChI=1S/C33H26BrClN2O4S2/c1-15-2-4-16(5-3-15)14-41-23-11-6-17(34)12-20(23)24-25-21-13-22(28(25)42-30-29(24)43-33(40)36-30)27-26(21)31(38)37(32(27)39)19-9-7-18(35)8-10-19/h2-12,21-22,24-28H,13-14H2,1H3,(H,36,40)/t21-,22-,24+,25+,26+,27+,28-/m1/s1. The number of nitrogens with one attached hydrogen (secondary N) is 1. The van der Waals surface area contributed by atoms with Gasteiger partial charge in [-0.2, -0.15) is 0 Å². The van der Waals surface area contributed by atoms with Crippen LogP contribution in [0, 0.1) is 36.5 Å². The van der Waals surface area contributed by atoms with Gasteiger partial charge in [-0.15, -0.1) is 11.8 Å². The molecule has 2 aliphatic carbocycles. The number of aromatic nitrogens is 1. The molecule has 2 bridgehead atoms. The fourth-order valence-corrected chi connectivity index (χ4v) is 11.3. The summed E-state index contributed by atoms with van der Waals surface area (Å²) in [5.74, 6) is -0.204. The summed E-state index contributed by atoms with van der Waals surface area (Å²) in [4.78, 5) is 46.0. The second-order valence-electron chi connectivity index (χ2n) is 11.9. The minimum atomic E-state index is -0.376. The molecule has 0 radical (unpaired) electrons. The number of amides is 2. The Balaban J connectivity index is 1.20. The Kier molecular flexibility index (Phi) is 6.67. The van der Waals surface area contributed by atoms with Crippen LogP contribution < -0.4 is 14.5 Å². The molecular formula is C33H26BrClN2O4S2. The molecule has 8 rings (SSSR count). The highest BCUT2D eigenvalue weighted by Gasteiger charge is 2.69. The first-order chi connectivity index (χ1) is 20.8. The number of fused-ring (bicyclic) bond motifs is 9. The number of H-pyrrole nitrogens is 1. The molecule has 10 heteroatoms. The molecule has 3 aromatic carbocycles. The normalized spacial score (nSPS) is 28.6. The fourth-order valence-electron chi connectivity index (χ4n) is 7.95. The molecule has 2 aliphatic heterocycles. The minimum absolute atomic E-state index is 0.0144. The van der Waals surface area contributed by atoms with E-state index >= 15 is 0 Å². The Labute approximate surface area is 269 Å². The van der Waals surface area contributed by atoms with E-state index in [1.165, 1.54) is 21.8 Å². The third-order valence-electron chi connectivity index (χ3n) is 9.63. The maximum absolute atomic E-state index is 14.0. The number of thiazole rings is 1. The van der Waals surface area contributed by atoms with Crippen LogP contribution in [0.1, 0.15) is 33.9 Å². The number of aryl methyl sites for hydroxylation is 1. The second-order valence-corrected chi connectivity index (χ2v) is 15.5. The van der Waals surface area contributed by atoms with Gasteiger partial charge in [-0.1, -0.05) is 68.7 Å². The van der Waals surface area contributed by atoms with Crippen LogP contribution >= 0.6 is 50.6 Å². The van der Waals surface area contributed by atoms with Crippen molar-refractivity contribution in [2.45, 2.75) is 36.1 Å². The van der Waals surface area contributed by atoms with E-state index in [9.17, 15) is 14.4 Å². The first-order valence-electron chi connectivity index (χ1n) is 14.3. The molecular weight excluding hydrogens is 668 g/mol. The number of anilines is 1. The van der Waals surface area contributed by atoms with Crippen molar-refractivity contribution in [2.24, 2.45) is 29.6 Å². The average molecular weight is 694 g/mol. The predicted molar refractivity (Wildman–Crippen MR) is 172 cm³/mol. The van der Waals surface area contributed by atoms with Crippen LogP contribution in [0.15, 0.2) is 81.0 Å². The molecule has 7 atom stereocenters. The topological polar surface area (TPSA) is 79.5 Å². The third kappa shape index (κ3) is 4.37.